The third kappa shape index (κ3) is 5.20. The molecule has 0 radical (unpaired) electrons. The van der Waals surface area contributed by atoms with Gasteiger partial charge in [-0.25, -0.2) is 0 Å². The van der Waals surface area contributed by atoms with Gasteiger partial charge in [0.05, 0.1) is 5.70 Å². The van der Waals surface area contributed by atoms with Crippen LogP contribution in [0, 0.1) is 11.8 Å². The highest BCUT2D eigenvalue weighted by Crippen LogP contribution is 2.39. The van der Waals surface area contributed by atoms with E-state index in [0.717, 1.165) is 17.1 Å². The molecule has 1 aromatic carbocycles. The molecule has 154 valence electrons. The number of hydrogen-bond acceptors (Lipinski definition) is 2. The van der Waals surface area contributed by atoms with E-state index >= 15 is 0 Å². The zero-order valence-electron chi connectivity index (χ0n) is 19.0. The molecule has 1 aliphatic carbocycles. The molecule has 0 bridgehead atoms. The number of rotatable bonds is 7. The van der Waals surface area contributed by atoms with E-state index in [1.54, 1.807) is 0 Å². The number of nitrogens with zero attached hydrogens (tertiary/aromatic N) is 1. The van der Waals surface area contributed by atoms with E-state index in [1.807, 2.05) is 32.1 Å². The average Bonchev–Trinajstić information content (AvgIpc) is 2.70. The molecule has 0 heterocycles. The van der Waals surface area contributed by atoms with Gasteiger partial charge in [0.1, 0.15) is 11.5 Å². The molecule has 0 saturated heterocycles. The molecule has 0 spiro atoms. The summed E-state index contributed by atoms with van der Waals surface area (Å²) in [7, 11) is 0. The van der Waals surface area contributed by atoms with E-state index in [0.29, 0.717) is 17.6 Å². The molecule has 0 aromatic heterocycles. The second-order valence-corrected chi connectivity index (χ2v) is 7.65. The van der Waals surface area contributed by atoms with Gasteiger partial charge < -0.3 is 9.64 Å². The number of para-hydroxylation sites is 1. The van der Waals surface area contributed by atoms with Crippen molar-refractivity contribution in [2.45, 2.75) is 48.5 Å². The third-order valence-corrected chi connectivity index (χ3v) is 5.60. The number of benzene rings is 1. The smallest absolute Gasteiger partial charge is 0.120 e. The lowest BCUT2D eigenvalue weighted by atomic mass is 9.79. The summed E-state index contributed by atoms with van der Waals surface area (Å²) < 4.78 is 6.00. The largest absolute Gasteiger partial charge is 0.461 e. The standard InChI is InChI=1S/C27H35NO/c1-9-14-20(4)29-24(8)23(7)28(25-16-12-11-13-17-25)27-18-19(3)26(15-10-2)21(5)22(27)6/h9-19,26H,4H2,1-3,5-8H3. The van der Waals surface area contributed by atoms with Crippen LogP contribution in [0.25, 0.3) is 0 Å². The number of anilines is 1. The summed E-state index contributed by atoms with van der Waals surface area (Å²) in [6.07, 6.45) is 10.7. The lowest BCUT2D eigenvalue weighted by molar-refractivity contribution is 0.318. The first-order valence-electron chi connectivity index (χ1n) is 10.4. The van der Waals surface area contributed by atoms with Crippen molar-refractivity contribution in [2.24, 2.45) is 11.8 Å². The van der Waals surface area contributed by atoms with Crippen molar-refractivity contribution in [3.8, 4) is 0 Å². The Hall–Kier alpha value is -2.74. The van der Waals surface area contributed by atoms with Gasteiger partial charge in [0.15, 0.2) is 0 Å². The molecule has 0 fully saturated rings. The molecular weight excluding hydrogens is 354 g/mol. The van der Waals surface area contributed by atoms with Gasteiger partial charge in [-0.2, -0.15) is 0 Å². The van der Waals surface area contributed by atoms with Crippen molar-refractivity contribution in [1.82, 2.24) is 0 Å². The van der Waals surface area contributed by atoms with E-state index in [1.165, 1.54) is 16.8 Å². The topological polar surface area (TPSA) is 12.5 Å². The van der Waals surface area contributed by atoms with Crippen LogP contribution in [0.1, 0.15) is 48.5 Å². The molecular formula is C27H35NO. The zero-order chi connectivity index (χ0) is 21.6. The van der Waals surface area contributed by atoms with E-state index in [9.17, 15) is 0 Å². The molecule has 2 heteroatoms. The summed E-state index contributed by atoms with van der Waals surface area (Å²) in [5.74, 6) is 2.34. The first-order valence-corrected chi connectivity index (χ1v) is 10.4. The SMILES string of the molecule is C=C(C=CC)OC(C)=C(C)N(C1=CC(C)C(C=CC)C(C)=C1C)c1ccccc1. The Bertz CT molecular complexity index is 880. The van der Waals surface area contributed by atoms with Crippen LogP contribution in [0.3, 0.4) is 0 Å². The molecule has 2 unspecified atom stereocenters. The molecule has 1 aromatic rings. The van der Waals surface area contributed by atoms with Gasteiger partial charge in [-0.1, -0.05) is 61.6 Å². The predicted octanol–water partition coefficient (Wildman–Crippen LogP) is 7.91. The number of ether oxygens (including phenoxy) is 1. The van der Waals surface area contributed by atoms with Gasteiger partial charge in [-0.15, -0.1) is 0 Å². The molecule has 0 aliphatic heterocycles. The van der Waals surface area contributed by atoms with Gasteiger partial charge >= 0.3 is 0 Å². The van der Waals surface area contributed by atoms with Crippen LogP contribution < -0.4 is 4.90 Å². The Morgan fingerprint density at radius 2 is 1.72 bits per heavy atom. The van der Waals surface area contributed by atoms with Crippen molar-refractivity contribution in [3.05, 3.63) is 101 Å². The fourth-order valence-corrected chi connectivity index (χ4v) is 3.83. The molecule has 29 heavy (non-hydrogen) atoms. The molecule has 0 amide bonds. The molecule has 2 atom stereocenters. The van der Waals surface area contributed by atoms with Crippen LogP contribution in [0.5, 0.6) is 0 Å². The predicted molar refractivity (Wildman–Crippen MR) is 126 cm³/mol. The second-order valence-electron chi connectivity index (χ2n) is 7.65. The normalized spacial score (nSPS) is 20.7. The van der Waals surface area contributed by atoms with E-state index < -0.39 is 0 Å². The Labute approximate surface area is 177 Å². The van der Waals surface area contributed by atoms with Gasteiger partial charge in [0.25, 0.3) is 0 Å². The minimum Gasteiger partial charge on any atom is -0.461 e. The maximum atomic E-state index is 6.00. The molecule has 2 nitrogen and oxygen atoms in total. The molecule has 0 N–H and O–H groups in total. The molecule has 2 rings (SSSR count). The quantitative estimate of drug-likeness (QED) is 0.267. The van der Waals surface area contributed by atoms with Crippen molar-refractivity contribution in [2.75, 3.05) is 4.90 Å². The van der Waals surface area contributed by atoms with E-state index in [4.69, 9.17) is 4.74 Å². The first kappa shape index (κ1) is 22.5. The summed E-state index contributed by atoms with van der Waals surface area (Å²) in [6.45, 7) is 18.9. The Kier molecular flexibility index (Phi) is 7.90. The van der Waals surface area contributed by atoms with Crippen molar-refractivity contribution in [3.63, 3.8) is 0 Å². The summed E-state index contributed by atoms with van der Waals surface area (Å²) in [5, 5.41) is 0. The van der Waals surface area contributed by atoms with Gasteiger partial charge in [0.2, 0.25) is 0 Å². The minimum atomic E-state index is 0.420. The fourth-order valence-electron chi connectivity index (χ4n) is 3.83. The highest BCUT2D eigenvalue weighted by atomic mass is 16.5. The van der Waals surface area contributed by atoms with Gasteiger partial charge in [0, 0.05) is 17.3 Å². The van der Waals surface area contributed by atoms with Crippen LogP contribution in [-0.2, 0) is 4.74 Å². The third-order valence-electron chi connectivity index (χ3n) is 5.60. The minimum absolute atomic E-state index is 0.420. The van der Waals surface area contributed by atoms with Crippen LogP contribution in [0.4, 0.5) is 5.69 Å². The lowest BCUT2D eigenvalue weighted by Crippen LogP contribution is -2.28. The summed E-state index contributed by atoms with van der Waals surface area (Å²) >= 11 is 0. The highest BCUT2D eigenvalue weighted by Gasteiger charge is 2.28. The van der Waals surface area contributed by atoms with Crippen molar-refractivity contribution in [1.29, 1.82) is 0 Å². The maximum absolute atomic E-state index is 6.00. The van der Waals surface area contributed by atoms with Crippen molar-refractivity contribution < 1.29 is 4.74 Å². The van der Waals surface area contributed by atoms with Crippen LogP contribution in [0.2, 0.25) is 0 Å². The summed E-state index contributed by atoms with van der Waals surface area (Å²) in [6, 6.07) is 10.5. The van der Waals surface area contributed by atoms with Crippen LogP contribution in [0.15, 0.2) is 101 Å². The molecule has 1 aliphatic rings. The average molecular weight is 390 g/mol. The van der Waals surface area contributed by atoms with E-state index in [2.05, 4.69) is 88.6 Å². The number of allylic oxidation sites excluding steroid dienone is 9. The van der Waals surface area contributed by atoms with Gasteiger partial charge in [-0.05, 0) is 71.2 Å². The zero-order valence-corrected chi connectivity index (χ0v) is 19.0. The Morgan fingerprint density at radius 1 is 1.07 bits per heavy atom. The lowest BCUT2D eigenvalue weighted by Gasteiger charge is -2.36. The highest BCUT2D eigenvalue weighted by molar-refractivity contribution is 5.64. The number of hydrogen-bond donors (Lipinski definition) is 0. The Balaban J connectivity index is 2.59. The Morgan fingerprint density at radius 3 is 2.31 bits per heavy atom. The van der Waals surface area contributed by atoms with Crippen molar-refractivity contribution >= 4 is 5.69 Å². The van der Waals surface area contributed by atoms with E-state index in [-0.39, 0.29) is 0 Å². The summed E-state index contributed by atoms with van der Waals surface area (Å²) in [5.41, 5.74) is 6.13. The van der Waals surface area contributed by atoms with Crippen LogP contribution in [-0.4, -0.2) is 0 Å². The fraction of sp³-hybridized carbons (Fsp3) is 0.333. The van der Waals surface area contributed by atoms with Crippen LogP contribution >= 0.6 is 0 Å². The first-order chi connectivity index (χ1) is 13.8. The second kappa shape index (κ2) is 10.2. The maximum Gasteiger partial charge on any atom is 0.120 e. The monoisotopic (exact) mass is 389 g/mol. The molecule has 0 saturated carbocycles. The van der Waals surface area contributed by atoms with Gasteiger partial charge in [-0.3, -0.25) is 0 Å². The summed E-state index contributed by atoms with van der Waals surface area (Å²) in [4.78, 5) is 2.31.